The van der Waals surface area contributed by atoms with E-state index in [2.05, 4.69) is 6.58 Å². The van der Waals surface area contributed by atoms with Crippen molar-refractivity contribution < 1.29 is 4.89 Å². The van der Waals surface area contributed by atoms with Crippen LogP contribution in [0.25, 0.3) is 0 Å². The van der Waals surface area contributed by atoms with E-state index in [4.69, 9.17) is 11.8 Å². The summed E-state index contributed by atoms with van der Waals surface area (Å²) in [6.07, 6.45) is -0.149. The van der Waals surface area contributed by atoms with Crippen molar-refractivity contribution in [3.05, 3.63) is 43.0 Å². The molecule has 0 aliphatic rings. The first-order valence-corrected chi connectivity index (χ1v) is 6.59. The number of rotatable bonds is 3. The van der Waals surface area contributed by atoms with Gasteiger partial charge in [-0.2, -0.15) is 0 Å². The fraction of sp³-hybridized carbons (Fsp3) is 0.111. The molecule has 1 aromatic carbocycles. The maximum absolute atomic E-state index is 9.84. The van der Waals surface area contributed by atoms with Crippen LogP contribution >= 0.6 is 6.26 Å². The fourth-order valence-corrected chi connectivity index (χ4v) is 2.82. The normalized spacial score (nSPS) is 15.1. The van der Waals surface area contributed by atoms with E-state index in [1.54, 1.807) is 6.08 Å². The molecule has 0 amide bonds. The van der Waals surface area contributed by atoms with Crippen LogP contribution in [0.1, 0.15) is 0 Å². The van der Waals surface area contributed by atoms with Crippen molar-refractivity contribution in [1.29, 1.82) is 0 Å². The molecule has 1 unspecified atom stereocenters. The number of benzene rings is 1. The standard InChI is InChI=1S/C9H11OPS/c1-2-8-11(10,12)9-6-4-3-5-7-9/h2-7H,1,8H2,(H,10,12). The molecule has 0 spiro atoms. The van der Waals surface area contributed by atoms with Gasteiger partial charge in [0, 0.05) is 11.5 Å². The molecule has 1 atom stereocenters. The highest BCUT2D eigenvalue weighted by molar-refractivity contribution is 8.15. The van der Waals surface area contributed by atoms with Crippen molar-refractivity contribution in [2.45, 2.75) is 0 Å². The Labute approximate surface area is 77.8 Å². The maximum Gasteiger partial charge on any atom is 0.0949 e. The molecular formula is C9H11OPS. The van der Waals surface area contributed by atoms with Gasteiger partial charge in [-0.25, -0.2) is 0 Å². The summed E-state index contributed by atoms with van der Waals surface area (Å²) in [5.74, 6) is 0. The molecule has 0 aromatic heterocycles. The molecule has 0 radical (unpaired) electrons. The van der Waals surface area contributed by atoms with E-state index in [9.17, 15) is 4.89 Å². The summed E-state index contributed by atoms with van der Waals surface area (Å²) in [6.45, 7) is 3.57. The smallest absolute Gasteiger partial charge is 0.0949 e. The Balaban J connectivity index is 2.98. The lowest BCUT2D eigenvalue weighted by molar-refractivity contribution is 0.635. The van der Waals surface area contributed by atoms with E-state index in [0.29, 0.717) is 6.16 Å². The molecule has 1 nitrogen and oxygen atoms in total. The first-order chi connectivity index (χ1) is 5.67. The van der Waals surface area contributed by atoms with Crippen molar-refractivity contribution in [3.8, 4) is 0 Å². The topological polar surface area (TPSA) is 20.2 Å². The molecule has 0 aliphatic carbocycles. The van der Waals surface area contributed by atoms with Gasteiger partial charge in [0.15, 0.2) is 0 Å². The van der Waals surface area contributed by atoms with Gasteiger partial charge in [-0.1, -0.05) is 48.2 Å². The predicted molar refractivity (Wildman–Crippen MR) is 57.6 cm³/mol. The zero-order chi connectivity index (χ0) is 9.03. The first-order valence-electron chi connectivity index (χ1n) is 3.65. The summed E-state index contributed by atoms with van der Waals surface area (Å²) in [6, 6.07) is 9.41. The number of hydrogen-bond donors (Lipinski definition) is 1. The lowest BCUT2D eigenvalue weighted by atomic mass is 10.4. The van der Waals surface area contributed by atoms with Crippen LogP contribution in [0.3, 0.4) is 0 Å². The average molecular weight is 198 g/mol. The fourth-order valence-electron chi connectivity index (χ4n) is 0.941. The maximum atomic E-state index is 9.84. The number of hydrogen-bond acceptors (Lipinski definition) is 1. The minimum atomic E-state index is -2.33. The predicted octanol–water partition coefficient (Wildman–Crippen LogP) is 1.88. The van der Waals surface area contributed by atoms with Crippen LogP contribution in [-0.2, 0) is 11.8 Å². The van der Waals surface area contributed by atoms with Gasteiger partial charge in [0.25, 0.3) is 0 Å². The van der Waals surface area contributed by atoms with E-state index < -0.39 is 6.26 Å². The van der Waals surface area contributed by atoms with Crippen LogP contribution in [0.5, 0.6) is 0 Å². The molecule has 1 N–H and O–H groups in total. The van der Waals surface area contributed by atoms with Crippen molar-refractivity contribution in [3.63, 3.8) is 0 Å². The second-order valence-corrected chi connectivity index (χ2v) is 6.61. The van der Waals surface area contributed by atoms with E-state index in [-0.39, 0.29) is 0 Å². The molecule has 0 saturated carbocycles. The Morgan fingerprint density at radius 2 is 2.00 bits per heavy atom. The van der Waals surface area contributed by atoms with Crippen LogP contribution in [0.2, 0.25) is 0 Å². The van der Waals surface area contributed by atoms with Gasteiger partial charge in [0.2, 0.25) is 0 Å². The van der Waals surface area contributed by atoms with E-state index in [1.807, 2.05) is 30.3 Å². The first kappa shape index (κ1) is 9.66. The molecule has 1 rings (SSSR count). The molecular weight excluding hydrogens is 187 g/mol. The van der Waals surface area contributed by atoms with Gasteiger partial charge in [-0.05, 0) is 0 Å². The minimum absolute atomic E-state index is 0.506. The van der Waals surface area contributed by atoms with E-state index in [1.165, 1.54) is 0 Å². The highest BCUT2D eigenvalue weighted by atomic mass is 32.4. The van der Waals surface area contributed by atoms with Gasteiger partial charge in [0.1, 0.15) is 0 Å². The van der Waals surface area contributed by atoms with Crippen molar-refractivity contribution >= 4 is 23.4 Å². The van der Waals surface area contributed by atoms with Crippen LogP contribution in [0.4, 0.5) is 0 Å². The van der Waals surface area contributed by atoms with Crippen molar-refractivity contribution in [2.24, 2.45) is 0 Å². The summed E-state index contributed by atoms with van der Waals surface area (Å²) in [7, 11) is 0. The molecule has 64 valence electrons. The number of allylic oxidation sites excluding steroid dienone is 1. The largest absolute Gasteiger partial charge is 0.361 e. The average Bonchev–Trinajstić information content (AvgIpc) is 2.06. The van der Waals surface area contributed by atoms with Gasteiger partial charge in [-0.3, -0.25) is 0 Å². The summed E-state index contributed by atoms with van der Waals surface area (Å²) < 4.78 is 0. The molecule has 1 aromatic rings. The third-order valence-electron chi connectivity index (χ3n) is 1.54. The van der Waals surface area contributed by atoms with E-state index >= 15 is 0 Å². The van der Waals surface area contributed by atoms with Gasteiger partial charge in [-0.15, -0.1) is 6.58 Å². The Hall–Kier alpha value is -0.430. The molecule has 12 heavy (non-hydrogen) atoms. The lowest BCUT2D eigenvalue weighted by Gasteiger charge is -2.12. The quantitative estimate of drug-likeness (QED) is 0.591. The zero-order valence-corrected chi connectivity index (χ0v) is 8.39. The van der Waals surface area contributed by atoms with Gasteiger partial charge >= 0.3 is 0 Å². The van der Waals surface area contributed by atoms with Crippen LogP contribution in [0, 0.1) is 0 Å². The Morgan fingerprint density at radius 3 is 2.50 bits per heavy atom. The van der Waals surface area contributed by atoms with Crippen molar-refractivity contribution in [2.75, 3.05) is 6.16 Å². The Kier molecular flexibility index (Phi) is 3.21. The Morgan fingerprint density at radius 1 is 1.42 bits per heavy atom. The zero-order valence-electron chi connectivity index (χ0n) is 6.68. The van der Waals surface area contributed by atoms with Gasteiger partial charge < -0.3 is 4.89 Å². The molecule has 0 heterocycles. The molecule has 0 fully saturated rings. The molecule has 0 bridgehead atoms. The highest BCUT2D eigenvalue weighted by Crippen LogP contribution is 2.39. The highest BCUT2D eigenvalue weighted by Gasteiger charge is 2.12. The monoisotopic (exact) mass is 198 g/mol. The minimum Gasteiger partial charge on any atom is -0.361 e. The lowest BCUT2D eigenvalue weighted by Crippen LogP contribution is -2.04. The second-order valence-electron chi connectivity index (χ2n) is 2.51. The molecule has 0 saturated heterocycles. The van der Waals surface area contributed by atoms with Crippen LogP contribution < -0.4 is 5.30 Å². The third kappa shape index (κ3) is 2.28. The molecule has 0 aliphatic heterocycles. The van der Waals surface area contributed by atoms with Crippen LogP contribution in [0.15, 0.2) is 43.0 Å². The van der Waals surface area contributed by atoms with Crippen molar-refractivity contribution in [1.82, 2.24) is 0 Å². The summed E-state index contributed by atoms with van der Waals surface area (Å²) in [4.78, 5) is 9.84. The summed E-state index contributed by atoms with van der Waals surface area (Å²) >= 11 is 5.10. The van der Waals surface area contributed by atoms with Crippen LogP contribution in [-0.4, -0.2) is 11.1 Å². The third-order valence-corrected chi connectivity index (χ3v) is 4.47. The SMILES string of the molecule is C=CCP(O)(=S)c1ccccc1. The molecule has 3 heteroatoms. The van der Waals surface area contributed by atoms with E-state index in [0.717, 1.165) is 5.30 Å². The Bertz CT molecular complexity index is 308. The second kappa shape index (κ2) is 3.99. The summed E-state index contributed by atoms with van der Waals surface area (Å²) in [5.41, 5.74) is 0. The summed E-state index contributed by atoms with van der Waals surface area (Å²) in [5, 5.41) is 0.861. The van der Waals surface area contributed by atoms with Gasteiger partial charge in [0.05, 0.1) is 6.26 Å².